The van der Waals surface area contributed by atoms with E-state index >= 15 is 0 Å². The molecule has 0 aromatic heterocycles. The molecule has 0 spiro atoms. The van der Waals surface area contributed by atoms with Crippen molar-refractivity contribution in [3.63, 3.8) is 0 Å². The van der Waals surface area contributed by atoms with Gasteiger partial charge in [0.05, 0.1) is 5.41 Å². The topological polar surface area (TPSA) is 49.4 Å². The molecule has 1 aliphatic heterocycles. The maximum absolute atomic E-state index is 13.7. The lowest BCUT2D eigenvalue weighted by Crippen LogP contribution is -2.51. The Bertz CT molecular complexity index is 1210. The number of piperidine rings is 1. The van der Waals surface area contributed by atoms with Crippen molar-refractivity contribution in [2.45, 2.75) is 65.2 Å². The Kier molecular flexibility index (Phi) is 9.91. The van der Waals surface area contributed by atoms with Crippen LogP contribution in [0.4, 0.5) is 4.39 Å². The third-order valence-electron chi connectivity index (χ3n) is 8.20. The standard InChI is InChI=1S/C34H41FN2O2/c1-3-26-5-9-29(10-6-26)19-22-36-33(39)34(25-30-11-7-27(4-2)8-12-30)20-23-37(24-21-34)32(38)18-15-28-13-16-31(35)17-14-28/h5-14,16-17H,3-4,15,18-25H2,1-2H3,(H,36,39). The largest absolute Gasteiger partial charge is 0.355 e. The summed E-state index contributed by atoms with van der Waals surface area (Å²) in [5.41, 5.74) is 5.40. The van der Waals surface area contributed by atoms with Gasteiger partial charge in [-0.15, -0.1) is 0 Å². The summed E-state index contributed by atoms with van der Waals surface area (Å²) in [6, 6.07) is 23.5. The number of nitrogens with one attached hydrogen (secondary N) is 1. The molecule has 3 aromatic rings. The lowest BCUT2D eigenvalue weighted by atomic mass is 9.72. The van der Waals surface area contributed by atoms with Crippen LogP contribution >= 0.6 is 0 Å². The number of benzene rings is 3. The SMILES string of the molecule is CCc1ccc(CCNC(=O)C2(Cc3ccc(CC)cc3)CCN(C(=O)CCc3ccc(F)cc3)CC2)cc1. The lowest BCUT2D eigenvalue weighted by Gasteiger charge is -2.41. The molecular formula is C34H41FN2O2. The normalized spacial score (nSPS) is 14.7. The minimum atomic E-state index is -0.534. The highest BCUT2D eigenvalue weighted by Crippen LogP contribution is 2.36. The minimum Gasteiger partial charge on any atom is -0.355 e. The zero-order valence-corrected chi connectivity index (χ0v) is 23.3. The summed E-state index contributed by atoms with van der Waals surface area (Å²) >= 11 is 0. The van der Waals surface area contributed by atoms with Crippen LogP contribution < -0.4 is 5.32 Å². The molecule has 0 unspecified atom stereocenters. The van der Waals surface area contributed by atoms with Crippen LogP contribution in [-0.2, 0) is 41.7 Å². The van der Waals surface area contributed by atoms with Gasteiger partial charge >= 0.3 is 0 Å². The zero-order valence-electron chi connectivity index (χ0n) is 23.3. The zero-order chi connectivity index (χ0) is 27.7. The van der Waals surface area contributed by atoms with E-state index in [-0.39, 0.29) is 17.6 Å². The number of carbonyl (C=O) groups excluding carboxylic acids is 2. The number of aryl methyl sites for hydroxylation is 3. The van der Waals surface area contributed by atoms with Gasteiger partial charge in [-0.1, -0.05) is 74.5 Å². The van der Waals surface area contributed by atoms with Gasteiger partial charge in [-0.25, -0.2) is 4.39 Å². The molecule has 1 fully saturated rings. The Hall–Kier alpha value is -3.47. The molecule has 39 heavy (non-hydrogen) atoms. The van der Waals surface area contributed by atoms with E-state index in [1.54, 1.807) is 12.1 Å². The fourth-order valence-corrected chi connectivity index (χ4v) is 5.46. The summed E-state index contributed by atoms with van der Waals surface area (Å²) in [4.78, 5) is 28.6. The van der Waals surface area contributed by atoms with E-state index in [4.69, 9.17) is 0 Å². The average molecular weight is 529 g/mol. The Labute approximate surface area is 232 Å². The summed E-state index contributed by atoms with van der Waals surface area (Å²) in [5.74, 6) is -0.0868. The molecule has 1 N–H and O–H groups in total. The fraction of sp³-hybridized carbons (Fsp3) is 0.412. The van der Waals surface area contributed by atoms with Crippen LogP contribution in [0, 0.1) is 11.2 Å². The quantitative estimate of drug-likeness (QED) is 0.327. The number of nitrogens with zero attached hydrogens (tertiary/aromatic N) is 1. The van der Waals surface area contributed by atoms with Gasteiger partial charge in [0.1, 0.15) is 5.82 Å². The van der Waals surface area contributed by atoms with Crippen LogP contribution in [0.1, 0.15) is 60.9 Å². The monoisotopic (exact) mass is 528 g/mol. The molecule has 1 saturated heterocycles. The number of hydrogen-bond acceptors (Lipinski definition) is 2. The third-order valence-corrected chi connectivity index (χ3v) is 8.20. The molecule has 4 rings (SSSR count). The lowest BCUT2D eigenvalue weighted by molar-refractivity contribution is -0.140. The molecule has 0 radical (unpaired) electrons. The van der Waals surface area contributed by atoms with Crippen molar-refractivity contribution in [3.05, 3.63) is 106 Å². The maximum Gasteiger partial charge on any atom is 0.226 e. The van der Waals surface area contributed by atoms with Gasteiger partial charge in [-0.3, -0.25) is 9.59 Å². The molecule has 5 heteroatoms. The molecule has 206 valence electrons. The number of halogens is 1. The summed E-state index contributed by atoms with van der Waals surface area (Å²) in [6.45, 7) is 6.03. The highest BCUT2D eigenvalue weighted by atomic mass is 19.1. The molecule has 0 bridgehead atoms. The smallest absolute Gasteiger partial charge is 0.226 e. The van der Waals surface area contributed by atoms with Gasteiger partial charge < -0.3 is 10.2 Å². The Balaban J connectivity index is 1.38. The van der Waals surface area contributed by atoms with Crippen molar-refractivity contribution in [1.82, 2.24) is 10.2 Å². The number of amides is 2. The van der Waals surface area contributed by atoms with E-state index in [0.29, 0.717) is 51.7 Å². The second-order valence-electron chi connectivity index (χ2n) is 10.8. The van der Waals surface area contributed by atoms with Gasteiger partial charge in [0.15, 0.2) is 0 Å². The molecule has 0 atom stereocenters. The third kappa shape index (κ3) is 7.78. The molecule has 2 amide bonds. The van der Waals surface area contributed by atoms with E-state index in [2.05, 4.69) is 67.7 Å². The Morgan fingerprint density at radius 1 is 0.744 bits per heavy atom. The summed E-state index contributed by atoms with van der Waals surface area (Å²) in [7, 11) is 0. The van der Waals surface area contributed by atoms with E-state index in [1.165, 1.54) is 28.8 Å². The second kappa shape index (κ2) is 13.5. The van der Waals surface area contributed by atoms with Crippen LogP contribution in [0.25, 0.3) is 0 Å². The molecule has 1 heterocycles. The number of carbonyl (C=O) groups is 2. The van der Waals surface area contributed by atoms with Gasteiger partial charge in [0.2, 0.25) is 11.8 Å². The van der Waals surface area contributed by atoms with Gasteiger partial charge in [0, 0.05) is 26.1 Å². The van der Waals surface area contributed by atoms with Crippen molar-refractivity contribution in [1.29, 1.82) is 0 Å². The number of likely N-dealkylation sites (tertiary alicyclic amines) is 1. The van der Waals surface area contributed by atoms with Crippen LogP contribution in [-0.4, -0.2) is 36.3 Å². The number of rotatable bonds is 11. The van der Waals surface area contributed by atoms with Crippen LogP contribution in [0.2, 0.25) is 0 Å². The predicted octanol–water partition coefficient (Wildman–Crippen LogP) is 6.09. The van der Waals surface area contributed by atoms with E-state index < -0.39 is 5.41 Å². The highest BCUT2D eigenvalue weighted by Gasteiger charge is 2.42. The van der Waals surface area contributed by atoms with Crippen molar-refractivity contribution >= 4 is 11.8 Å². The average Bonchev–Trinajstić information content (AvgIpc) is 2.97. The first-order valence-electron chi connectivity index (χ1n) is 14.4. The molecule has 0 aliphatic carbocycles. The van der Waals surface area contributed by atoms with Crippen molar-refractivity contribution < 1.29 is 14.0 Å². The first-order valence-corrected chi connectivity index (χ1v) is 14.4. The van der Waals surface area contributed by atoms with Crippen molar-refractivity contribution in [2.75, 3.05) is 19.6 Å². The Morgan fingerprint density at radius 2 is 1.23 bits per heavy atom. The maximum atomic E-state index is 13.7. The van der Waals surface area contributed by atoms with Crippen LogP contribution in [0.5, 0.6) is 0 Å². The molecular weight excluding hydrogens is 487 g/mol. The predicted molar refractivity (Wildman–Crippen MR) is 155 cm³/mol. The van der Waals surface area contributed by atoms with Gasteiger partial charge in [-0.05, 0) is 84.9 Å². The van der Waals surface area contributed by atoms with E-state index in [1.807, 2.05) is 4.90 Å². The second-order valence-corrected chi connectivity index (χ2v) is 10.8. The van der Waals surface area contributed by atoms with Gasteiger partial charge in [0.25, 0.3) is 0 Å². The number of hydrogen-bond donors (Lipinski definition) is 1. The highest BCUT2D eigenvalue weighted by molar-refractivity contribution is 5.84. The molecule has 3 aromatic carbocycles. The summed E-state index contributed by atoms with van der Waals surface area (Å²) in [6.07, 6.45) is 5.73. The first kappa shape index (κ1) is 28.5. The minimum absolute atomic E-state index is 0.0886. The van der Waals surface area contributed by atoms with Crippen LogP contribution in [0.3, 0.4) is 0 Å². The van der Waals surface area contributed by atoms with Crippen LogP contribution in [0.15, 0.2) is 72.8 Å². The fourth-order valence-electron chi connectivity index (χ4n) is 5.46. The summed E-state index contributed by atoms with van der Waals surface area (Å²) in [5, 5.41) is 3.24. The molecule has 4 nitrogen and oxygen atoms in total. The van der Waals surface area contributed by atoms with Gasteiger partial charge in [-0.2, -0.15) is 0 Å². The molecule has 1 aliphatic rings. The Morgan fingerprint density at radius 3 is 1.79 bits per heavy atom. The van der Waals surface area contributed by atoms with Crippen molar-refractivity contribution in [2.24, 2.45) is 5.41 Å². The van der Waals surface area contributed by atoms with Crippen molar-refractivity contribution in [3.8, 4) is 0 Å². The summed E-state index contributed by atoms with van der Waals surface area (Å²) < 4.78 is 13.2. The molecule has 0 saturated carbocycles. The first-order chi connectivity index (χ1) is 18.9. The van der Waals surface area contributed by atoms with E-state index in [0.717, 1.165) is 30.4 Å². The van der Waals surface area contributed by atoms with E-state index in [9.17, 15) is 14.0 Å².